The molecule has 0 radical (unpaired) electrons. The summed E-state index contributed by atoms with van der Waals surface area (Å²) >= 11 is 1.88. The van der Waals surface area contributed by atoms with Crippen LogP contribution in [0.15, 0.2) is 146 Å². The maximum Gasteiger partial charge on any atom is 0.252 e. The van der Waals surface area contributed by atoms with Crippen molar-refractivity contribution >= 4 is 123 Å². The number of rotatable bonds is 1. The number of para-hydroxylation sites is 4. The van der Waals surface area contributed by atoms with Crippen LogP contribution in [-0.2, 0) is 0 Å². The van der Waals surface area contributed by atoms with Crippen LogP contribution < -0.4 is 47.9 Å². The zero-order valence-corrected chi connectivity index (χ0v) is 26.6. The summed E-state index contributed by atoms with van der Waals surface area (Å²) in [4.78, 5) is 5.15. The maximum absolute atomic E-state index is 3.95. The Bertz CT molecular complexity index is 2700. The highest BCUT2D eigenvalue weighted by Gasteiger charge is 2.50. The number of benzene rings is 7. The molecule has 8 aromatic rings. The second kappa shape index (κ2) is 9.00. The van der Waals surface area contributed by atoms with E-state index in [-0.39, 0.29) is 13.4 Å². The van der Waals surface area contributed by atoms with E-state index in [1.165, 1.54) is 98.4 Å². The Morgan fingerprint density at radius 1 is 0.438 bits per heavy atom. The summed E-state index contributed by atoms with van der Waals surface area (Å²) in [6.45, 7) is 0.257. The average Bonchev–Trinajstić information content (AvgIpc) is 3.53. The summed E-state index contributed by atoms with van der Waals surface area (Å²) in [5.41, 5.74) is 18.2. The van der Waals surface area contributed by atoms with Crippen LogP contribution in [-0.4, -0.2) is 13.4 Å². The standard InChI is InChI=1S/C42H25B2N3S/c1-10-22-37-25(12-1)39-35(21-11-23-38(39)48-37)46-32-18-7-3-14-27(32)44-29-16-5-9-20-34(29)47-33-19-8-4-15-28(33)43-26-13-2-6-17-30(26)45-31-24-36(46)41(44)42(47)40(31)43/h1-24,45H. The number of hydrogen-bond acceptors (Lipinski definition) is 4. The Balaban J connectivity index is 1.26. The van der Waals surface area contributed by atoms with Crippen LogP contribution in [0.1, 0.15) is 0 Å². The van der Waals surface area contributed by atoms with Crippen LogP contribution >= 0.6 is 11.3 Å². The molecule has 3 nitrogen and oxygen atoms in total. The van der Waals surface area contributed by atoms with Gasteiger partial charge in [0.05, 0.1) is 5.69 Å². The predicted molar refractivity (Wildman–Crippen MR) is 208 cm³/mol. The van der Waals surface area contributed by atoms with Crippen LogP contribution in [0.2, 0.25) is 0 Å². The molecule has 0 fully saturated rings. The van der Waals surface area contributed by atoms with Crippen molar-refractivity contribution in [2.75, 3.05) is 15.1 Å². The molecule has 0 atom stereocenters. The zero-order valence-electron chi connectivity index (χ0n) is 25.8. The zero-order chi connectivity index (χ0) is 31.1. The van der Waals surface area contributed by atoms with E-state index >= 15 is 0 Å². The average molecular weight is 625 g/mol. The lowest BCUT2D eigenvalue weighted by atomic mass is 9.29. The monoisotopic (exact) mass is 625 g/mol. The SMILES string of the molecule is c1ccc2c(c1)Nc1cc3c4c5c1B2c1ccccc1N5c1ccccc1B4c1ccccc1N3c1cccc2sc3ccccc3c12. The fourth-order valence-corrected chi connectivity index (χ4v) is 10.4. The molecule has 4 aliphatic rings. The lowest BCUT2D eigenvalue weighted by Crippen LogP contribution is -2.68. The van der Waals surface area contributed by atoms with Gasteiger partial charge in [-0.15, -0.1) is 11.3 Å². The minimum Gasteiger partial charge on any atom is -0.356 e. The van der Waals surface area contributed by atoms with Gasteiger partial charge in [-0.05, 0) is 81.3 Å². The van der Waals surface area contributed by atoms with Crippen molar-refractivity contribution in [1.29, 1.82) is 0 Å². The van der Waals surface area contributed by atoms with Crippen molar-refractivity contribution < 1.29 is 0 Å². The Morgan fingerprint density at radius 3 is 1.75 bits per heavy atom. The topological polar surface area (TPSA) is 18.5 Å². The normalized spacial score (nSPS) is 14.2. The molecule has 5 heterocycles. The predicted octanol–water partition coefficient (Wildman–Crippen LogP) is 7.02. The molecule has 0 saturated carbocycles. The third kappa shape index (κ3) is 3.03. The molecule has 48 heavy (non-hydrogen) atoms. The number of nitrogens with one attached hydrogen (secondary N) is 1. The lowest BCUT2D eigenvalue weighted by Gasteiger charge is -2.49. The summed E-state index contributed by atoms with van der Waals surface area (Å²) in [5, 5.41) is 6.58. The first-order valence-electron chi connectivity index (χ1n) is 16.7. The number of thiophene rings is 1. The molecule has 0 spiro atoms. The minimum atomic E-state index is 0.113. The summed E-state index contributed by atoms with van der Waals surface area (Å²) in [6, 6.07) is 54.3. The number of anilines is 8. The van der Waals surface area contributed by atoms with Crippen LogP contribution in [0.4, 0.5) is 45.5 Å². The van der Waals surface area contributed by atoms with E-state index in [0.29, 0.717) is 0 Å². The Labute approximate surface area is 282 Å². The minimum absolute atomic E-state index is 0.113. The summed E-state index contributed by atoms with van der Waals surface area (Å²) in [6.07, 6.45) is 0. The largest absolute Gasteiger partial charge is 0.356 e. The molecule has 0 amide bonds. The van der Waals surface area contributed by atoms with Gasteiger partial charge in [0.2, 0.25) is 0 Å². The van der Waals surface area contributed by atoms with Crippen LogP contribution in [0.3, 0.4) is 0 Å². The highest BCUT2D eigenvalue weighted by atomic mass is 32.1. The Morgan fingerprint density at radius 2 is 1.00 bits per heavy atom. The highest BCUT2D eigenvalue weighted by molar-refractivity contribution is 7.26. The van der Waals surface area contributed by atoms with Crippen molar-refractivity contribution in [2.45, 2.75) is 0 Å². The Kier molecular flexibility index (Phi) is 4.76. The van der Waals surface area contributed by atoms with Gasteiger partial charge >= 0.3 is 0 Å². The van der Waals surface area contributed by atoms with E-state index in [1.54, 1.807) is 0 Å². The molecule has 1 N–H and O–H groups in total. The smallest absolute Gasteiger partial charge is 0.252 e. The molecular weight excluding hydrogens is 600 g/mol. The van der Waals surface area contributed by atoms with E-state index in [0.717, 1.165) is 0 Å². The van der Waals surface area contributed by atoms with Crippen LogP contribution in [0, 0.1) is 0 Å². The molecule has 7 aromatic carbocycles. The summed E-state index contributed by atoms with van der Waals surface area (Å²) in [7, 11) is 0. The maximum atomic E-state index is 3.95. The molecule has 0 unspecified atom stereocenters. The van der Waals surface area contributed by atoms with Crippen LogP contribution in [0.25, 0.3) is 20.2 Å². The first kappa shape index (κ1) is 25.4. The van der Waals surface area contributed by atoms with Gasteiger partial charge in [-0.3, -0.25) is 0 Å². The van der Waals surface area contributed by atoms with Crippen molar-refractivity contribution in [3.63, 3.8) is 0 Å². The first-order valence-corrected chi connectivity index (χ1v) is 17.5. The molecule has 0 saturated heterocycles. The highest BCUT2D eigenvalue weighted by Crippen LogP contribution is 2.49. The first-order chi connectivity index (χ1) is 23.8. The third-order valence-electron chi connectivity index (χ3n) is 11.0. The second-order valence-corrected chi connectivity index (χ2v) is 14.4. The van der Waals surface area contributed by atoms with Gasteiger partial charge < -0.3 is 15.1 Å². The molecule has 12 rings (SSSR count). The lowest BCUT2D eigenvalue weighted by molar-refractivity contribution is 1.26. The van der Waals surface area contributed by atoms with Gasteiger partial charge in [0.15, 0.2) is 0 Å². The van der Waals surface area contributed by atoms with E-state index in [4.69, 9.17) is 0 Å². The summed E-state index contributed by atoms with van der Waals surface area (Å²) < 4.78 is 2.64. The number of fused-ring (bicyclic) bond motifs is 13. The fourth-order valence-electron chi connectivity index (χ4n) is 9.27. The molecule has 1 aromatic heterocycles. The van der Waals surface area contributed by atoms with Crippen molar-refractivity contribution in [3.8, 4) is 0 Å². The van der Waals surface area contributed by atoms with Gasteiger partial charge in [-0.2, -0.15) is 0 Å². The van der Waals surface area contributed by atoms with Crippen molar-refractivity contribution in [3.05, 3.63) is 146 Å². The molecule has 220 valence electrons. The molecule has 6 heteroatoms. The Hall–Kier alpha value is -5.71. The number of nitrogens with zero attached hydrogens (tertiary/aromatic N) is 2. The molecule has 0 aliphatic carbocycles. The number of hydrogen-bond donors (Lipinski definition) is 1. The fraction of sp³-hybridized carbons (Fsp3) is 0. The van der Waals surface area contributed by atoms with Gasteiger partial charge in [0.1, 0.15) is 0 Å². The van der Waals surface area contributed by atoms with E-state index in [9.17, 15) is 0 Å². The van der Waals surface area contributed by atoms with Crippen molar-refractivity contribution in [1.82, 2.24) is 0 Å². The van der Waals surface area contributed by atoms with Gasteiger partial charge in [-0.25, -0.2) is 0 Å². The van der Waals surface area contributed by atoms with E-state index < -0.39 is 0 Å². The van der Waals surface area contributed by atoms with E-state index in [1.807, 2.05) is 11.3 Å². The van der Waals surface area contributed by atoms with Crippen molar-refractivity contribution in [2.24, 2.45) is 0 Å². The molecule has 0 bridgehead atoms. The van der Waals surface area contributed by atoms with Gasteiger partial charge in [0, 0.05) is 60.0 Å². The van der Waals surface area contributed by atoms with Crippen LogP contribution in [0.5, 0.6) is 0 Å². The van der Waals surface area contributed by atoms with Gasteiger partial charge in [0.25, 0.3) is 13.4 Å². The van der Waals surface area contributed by atoms with Gasteiger partial charge in [-0.1, -0.05) is 97.1 Å². The van der Waals surface area contributed by atoms with E-state index in [2.05, 4.69) is 161 Å². The quantitative estimate of drug-likeness (QED) is 0.198. The molecular formula is C42H25B2N3S. The molecule has 4 aliphatic heterocycles. The summed E-state index contributed by atoms with van der Waals surface area (Å²) in [5.74, 6) is 0. The second-order valence-electron chi connectivity index (χ2n) is 13.3. The third-order valence-corrected chi connectivity index (χ3v) is 12.2.